The molecule has 0 saturated heterocycles. The van der Waals surface area contributed by atoms with E-state index in [2.05, 4.69) is 20.8 Å². The molecule has 0 rings (SSSR count). The van der Waals surface area contributed by atoms with Gasteiger partial charge in [-0.3, -0.25) is 0 Å². The van der Waals surface area contributed by atoms with Crippen LogP contribution in [0.1, 0.15) is 104 Å². The lowest BCUT2D eigenvalue weighted by Crippen LogP contribution is -2.17. The Bertz CT molecular complexity index is 164. The first-order valence-corrected chi connectivity index (χ1v) is 9.58. The van der Waals surface area contributed by atoms with Crippen LogP contribution >= 0.6 is 0 Å². The van der Waals surface area contributed by atoms with Crippen molar-refractivity contribution in [3.63, 3.8) is 0 Å². The van der Waals surface area contributed by atoms with E-state index in [1.807, 2.05) is 0 Å². The van der Waals surface area contributed by atoms with Crippen molar-refractivity contribution in [1.82, 2.24) is 0 Å². The Morgan fingerprint density at radius 2 is 0.905 bits per heavy atom. The van der Waals surface area contributed by atoms with Gasteiger partial charge in [0.25, 0.3) is 0 Å². The van der Waals surface area contributed by atoms with Crippen LogP contribution in [-0.4, -0.2) is 19.5 Å². The highest BCUT2D eigenvalue weighted by molar-refractivity contribution is 4.47. The molecular weight excluding hydrogens is 260 g/mol. The minimum absolute atomic E-state index is 0.0243. The summed E-state index contributed by atoms with van der Waals surface area (Å²) in [6.07, 6.45) is 16.8. The lowest BCUT2D eigenvalue weighted by atomic mass is 10.1. The summed E-state index contributed by atoms with van der Waals surface area (Å²) in [5, 5.41) is 0. The fraction of sp³-hybridized carbons (Fsp3) is 1.00. The molecular formula is C19H40O2. The van der Waals surface area contributed by atoms with Crippen LogP contribution in [0, 0.1) is 0 Å². The van der Waals surface area contributed by atoms with E-state index in [0.29, 0.717) is 0 Å². The third kappa shape index (κ3) is 16.1. The number of hydrogen-bond donors (Lipinski definition) is 0. The average Bonchev–Trinajstić information content (AvgIpc) is 2.51. The fourth-order valence-corrected chi connectivity index (χ4v) is 2.48. The fourth-order valence-electron chi connectivity index (χ4n) is 2.48. The first-order valence-electron chi connectivity index (χ1n) is 9.58. The van der Waals surface area contributed by atoms with E-state index in [1.165, 1.54) is 77.0 Å². The van der Waals surface area contributed by atoms with Gasteiger partial charge in [-0.15, -0.1) is 0 Å². The van der Waals surface area contributed by atoms with E-state index < -0.39 is 0 Å². The summed E-state index contributed by atoms with van der Waals surface area (Å²) in [5.41, 5.74) is 0. The van der Waals surface area contributed by atoms with Gasteiger partial charge in [-0.05, 0) is 19.3 Å². The molecule has 2 heteroatoms. The maximum atomic E-state index is 5.82. The van der Waals surface area contributed by atoms with Crippen LogP contribution in [0.2, 0.25) is 0 Å². The topological polar surface area (TPSA) is 18.5 Å². The predicted molar refractivity (Wildman–Crippen MR) is 92.7 cm³/mol. The molecule has 0 aliphatic rings. The minimum atomic E-state index is 0.0243. The molecule has 0 aromatic rings. The number of rotatable bonds is 17. The van der Waals surface area contributed by atoms with Gasteiger partial charge < -0.3 is 9.47 Å². The first-order chi connectivity index (χ1) is 10.3. The van der Waals surface area contributed by atoms with E-state index in [4.69, 9.17) is 9.47 Å². The monoisotopic (exact) mass is 300 g/mol. The zero-order chi connectivity index (χ0) is 15.6. The van der Waals surface area contributed by atoms with Crippen LogP contribution in [0.5, 0.6) is 0 Å². The molecule has 2 nitrogen and oxygen atoms in total. The summed E-state index contributed by atoms with van der Waals surface area (Å²) < 4.78 is 11.6. The molecule has 0 heterocycles. The van der Waals surface area contributed by atoms with Crippen LogP contribution in [0.3, 0.4) is 0 Å². The summed E-state index contributed by atoms with van der Waals surface area (Å²) in [7, 11) is 0. The van der Waals surface area contributed by atoms with Crippen molar-refractivity contribution >= 4 is 0 Å². The molecule has 0 spiro atoms. The van der Waals surface area contributed by atoms with Crippen molar-refractivity contribution in [2.75, 3.05) is 13.2 Å². The van der Waals surface area contributed by atoms with Crippen molar-refractivity contribution in [3.05, 3.63) is 0 Å². The molecule has 0 bridgehead atoms. The third-order valence-electron chi connectivity index (χ3n) is 3.94. The molecule has 0 radical (unpaired) electrons. The molecule has 0 amide bonds. The van der Waals surface area contributed by atoms with Crippen LogP contribution in [0.25, 0.3) is 0 Å². The quantitative estimate of drug-likeness (QED) is 0.226. The Kier molecular flexibility index (Phi) is 17.9. The van der Waals surface area contributed by atoms with Crippen molar-refractivity contribution < 1.29 is 9.47 Å². The highest BCUT2D eigenvalue weighted by atomic mass is 16.7. The van der Waals surface area contributed by atoms with Crippen LogP contribution < -0.4 is 0 Å². The van der Waals surface area contributed by atoms with Gasteiger partial charge in [-0.2, -0.15) is 0 Å². The van der Waals surface area contributed by atoms with Crippen LogP contribution in [0.15, 0.2) is 0 Å². The van der Waals surface area contributed by atoms with Crippen molar-refractivity contribution in [1.29, 1.82) is 0 Å². The molecule has 0 unspecified atom stereocenters. The van der Waals surface area contributed by atoms with Gasteiger partial charge in [0.15, 0.2) is 6.29 Å². The van der Waals surface area contributed by atoms with Gasteiger partial charge in [0.1, 0.15) is 0 Å². The van der Waals surface area contributed by atoms with Crippen molar-refractivity contribution in [2.24, 2.45) is 0 Å². The van der Waals surface area contributed by atoms with Crippen molar-refractivity contribution in [2.45, 2.75) is 111 Å². The maximum Gasteiger partial charge on any atom is 0.157 e. The summed E-state index contributed by atoms with van der Waals surface area (Å²) in [4.78, 5) is 0. The molecule has 128 valence electrons. The largest absolute Gasteiger partial charge is 0.353 e. The number of hydrogen-bond acceptors (Lipinski definition) is 2. The highest BCUT2D eigenvalue weighted by Gasteiger charge is 2.05. The molecule has 21 heavy (non-hydrogen) atoms. The van der Waals surface area contributed by atoms with Crippen LogP contribution in [-0.2, 0) is 9.47 Å². The molecule has 0 atom stereocenters. The van der Waals surface area contributed by atoms with E-state index in [9.17, 15) is 0 Å². The lowest BCUT2D eigenvalue weighted by Gasteiger charge is -2.17. The predicted octanol–water partition coefficient (Wildman–Crippen LogP) is 6.48. The first kappa shape index (κ1) is 20.9. The Balaban J connectivity index is 3.29. The van der Waals surface area contributed by atoms with Gasteiger partial charge in [0, 0.05) is 13.2 Å². The molecule has 0 saturated carbocycles. The maximum absolute atomic E-state index is 5.82. The molecule has 0 aliphatic carbocycles. The summed E-state index contributed by atoms with van der Waals surface area (Å²) in [6.45, 7) is 8.39. The molecule has 0 aromatic carbocycles. The minimum Gasteiger partial charge on any atom is -0.353 e. The number of unbranched alkanes of at least 4 members (excludes halogenated alkanes) is 10. The molecule has 0 aliphatic heterocycles. The third-order valence-corrected chi connectivity index (χ3v) is 3.94. The molecule has 0 fully saturated rings. The second kappa shape index (κ2) is 18.0. The molecule has 0 aromatic heterocycles. The second-order valence-corrected chi connectivity index (χ2v) is 6.11. The summed E-state index contributed by atoms with van der Waals surface area (Å²) in [6, 6.07) is 0. The zero-order valence-corrected chi connectivity index (χ0v) is 15.0. The Morgan fingerprint density at radius 3 is 1.29 bits per heavy atom. The van der Waals surface area contributed by atoms with Gasteiger partial charge in [-0.1, -0.05) is 85.0 Å². The van der Waals surface area contributed by atoms with Gasteiger partial charge in [-0.25, -0.2) is 0 Å². The Morgan fingerprint density at radius 1 is 0.524 bits per heavy atom. The normalized spacial score (nSPS) is 11.4. The standard InChI is InChI=1S/C19H40O2/c1-4-7-9-11-13-15-17-20-19(6-3)21-18-16-14-12-10-8-5-2/h19H,4-18H2,1-3H3. The zero-order valence-electron chi connectivity index (χ0n) is 15.0. The van der Waals surface area contributed by atoms with E-state index in [-0.39, 0.29) is 6.29 Å². The van der Waals surface area contributed by atoms with Gasteiger partial charge in [0.2, 0.25) is 0 Å². The Labute approximate surface area is 134 Å². The number of ether oxygens (including phenoxy) is 2. The average molecular weight is 301 g/mol. The van der Waals surface area contributed by atoms with Gasteiger partial charge >= 0.3 is 0 Å². The van der Waals surface area contributed by atoms with Crippen molar-refractivity contribution in [3.8, 4) is 0 Å². The summed E-state index contributed by atoms with van der Waals surface area (Å²) in [5.74, 6) is 0. The molecule has 0 N–H and O–H groups in total. The second-order valence-electron chi connectivity index (χ2n) is 6.11. The van der Waals surface area contributed by atoms with Crippen LogP contribution in [0.4, 0.5) is 0 Å². The smallest absolute Gasteiger partial charge is 0.157 e. The van der Waals surface area contributed by atoms with E-state index >= 15 is 0 Å². The highest BCUT2D eigenvalue weighted by Crippen LogP contribution is 2.09. The van der Waals surface area contributed by atoms with Gasteiger partial charge in [0.05, 0.1) is 0 Å². The lowest BCUT2D eigenvalue weighted by molar-refractivity contribution is -0.144. The SMILES string of the molecule is CCCCCCCCOC(CC)OCCCCCCCC. The Hall–Kier alpha value is -0.0800. The summed E-state index contributed by atoms with van der Waals surface area (Å²) >= 11 is 0. The van der Waals surface area contributed by atoms with E-state index in [1.54, 1.807) is 0 Å². The van der Waals surface area contributed by atoms with E-state index in [0.717, 1.165) is 19.6 Å².